The van der Waals surface area contributed by atoms with Gasteiger partial charge in [-0.25, -0.2) is 4.39 Å². The van der Waals surface area contributed by atoms with Gasteiger partial charge in [0.05, 0.1) is 6.04 Å². The van der Waals surface area contributed by atoms with Crippen LogP contribution in [-0.4, -0.2) is 18.0 Å². The summed E-state index contributed by atoms with van der Waals surface area (Å²) in [5.41, 5.74) is 5.41. The number of likely N-dealkylation sites (tertiary alicyclic amines) is 1. The van der Waals surface area contributed by atoms with Gasteiger partial charge in [0.25, 0.3) is 0 Å². The van der Waals surface area contributed by atoms with E-state index in [9.17, 15) is 4.39 Å². The summed E-state index contributed by atoms with van der Waals surface area (Å²) in [6.07, 6.45) is 4.58. The van der Waals surface area contributed by atoms with Gasteiger partial charge in [-0.2, -0.15) is 0 Å². The number of aryl methyl sites for hydroxylation is 2. The van der Waals surface area contributed by atoms with E-state index in [4.69, 9.17) is 0 Å². The van der Waals surface area contributed by atoms with E-state index in [1.54, 1.807) is 12.1 Å². The van der Waals surface area contributed by atoms with Crippen molar-refractivity contribution in [3.63, 3.8) is 0 Å². The standard InChI is InChI=1S/C23H30FN/c1-4-18-6-11-22(19(5-2)16-18)23(20-7-9-21(24)10-8-20)25-14-12-17(3)13-15-25/h6-11,16-17,23H,4-5,12-15H2,1-3H3. The van der Waals surface area contributed by atoms with Crippen molar-refractivity contribution in [3.8, 4) is 0 Å². The molecule has 0 bridgehead atoms. The van der Waals surface area contributed by atoms with Crippen LogP contribution in [0.2, 0.25) is 0 Å². The minimum absolute atomic E-state index is 0.160. The summed E-state index contributed by atoms with van der Waals surface area (Å²) < 4.78 is 13.5. The number of hydrogen-bond acceptors (Lipinski definition) is 1. The molecule has 0 spiro atoms. The van der Waals surface area contributed by atoms with Gasteiger partial charge in [0.15, 0.2) is 0 Å². The van der Waals surface area contributed by atoms with Crippen LogP contribution < -0.4 is 0 Å². The third-order valence-electron chi connectivity index (χ3n) is 5.66. The fraction of sp³-hybridized carbons (Fsp3) is 0.478. The first-order valence-electron chi connectivity index (χ1n) is 9.73. The van der Waals surface area contributed by atoms with Crippen LogP contribution >= 0.6 is 0 Å². The molecule has 2 heteroatoms. The second-order valence-electron chi connectivity index (χ2n) is 7.41. The Morgan fingerprint density at radius 2 is 1.68 bits per heavy atom. The van der Waals surface area contributed by atoms with Gasteiger partial charge >= 0.3 is 0 Å². The molecular formula is C23H30FN. The first-order valence-corrected chi connectivity index (χ1v) is 9.73. The number of benzene rings is 2. The van der Waals surface area contributed by atoms with Crippen LogP contribution in [0, 0.1) is 11.7 Å². The molecular weight excluding hydrogens is 309 g/mol. The summed E-state index contributed by atoms with van der Waals surface area (Å²) >= 11 is 0. The predicted molar refractivity (Wildman–Crippen MR) is 103 cm³/mol. The first kappa shape index (κ1) is 18.1. The van der Waals surface area contributed by atoms with Crippen molar-refractivity contribution in [2.45, 2.75) is 52.5 Å². The first-order chi connectivity index (χ1) is 12.1. The Bertz CT molecular complexity index is 684. The number of piperidine rings is 1. The molecule has 1 fully saturated rings. The van der Waals surface area contributed by atoms with Gasteiger partial charge in [0, 0.05) is 0 Å². The van der Waals surface area contributed by atoms with Crippen LogP contribution in [0.25, 0.3) is 0 Å². The van der Waals surface area contributed by atoms with E-state index < -0.39 is 0 Å². The fourth-order valence-electron chi connectivity index (χ4n) is 3.97. The zero-order valence-corrected chi connectivity index (χ0v) is 15.8. The zero-order chi connectivity index (χ0) is 17.8. The topological polar surface area (TPSA) is 3.24 Å². The number of halogens is 1. The van der Waals surface area contributed by atoms with Crippen molar-refractivity contribution in [1.29, 1.82) is 0 Å². The Balaban J connectivity index is 2.03. The number of hydrogen-bond donors (Lipinski definition) is 0. The van der Waals surface area contributed by atoms with Gasteiger partial charge in [0.2, 0.25) is 0 Å². The minimum atomic E-state index is -0.160. The Kier molecular flexibility index (Phi) is 5.90. The van der Waals surface area contributed by atoms with Crippen molar-refractivity contribution >= 4 is 0 Å². The summed E-state index contributed by atoms with van der Waals surface area (Å²) in [6, 6.07) is 14.3. The molecule has 1 nitrogen and oxygen atoms in total. The van der Waals surface area contributed by atoms with Gasteiger partial charge in [0.1, 0.15) is 5.82 Å². The number of nitrogens with zero attached hydrogens (tertiary/aromatic N) is 1. The van der Waals surface area contributed by atoms with Crippen molar-refractivity contribution < 1.29 is 4.39 Å². The summed E-state index contributed by atoms with van der Waals surface area (Å²) in [5.74, 6) is 0.644. The fourth-order valence-corrected chi connectivity index (χ4v) is 3.97. The SMILES string of the molecule is CCc1ccc(C(c2ccc(F)cc2)N2CCC(C)CC2)c(CC)c1. The van der Waals surface area contributed by atoms with Gasteiger partial charge in [-0.05, 0) is 79.1 Å². The highest BCUT2D eigenvalue weighted by Crippen LogP contribution is 2.35. The van der Waals surface area contributed by atoms with Crippen molar-refractivity contribution in [2.24, 2.45) is 5.92 Å². The molecule has 134 valence electrons. The molecule has 1 unspecified atom stereocenters. The quantitative estimate of drug-likeness (QED) is 0.668. The highest BCUT2D eigenvalue weighted by atomic mass is 19.1. The van der Waals surface area contributed by atoms with E-state index in [0.29, 0.717) is 0 Å². The molecule has 0 N–H and O–H groups in total. The normalized spacial score (nSPS) is 17.6. The maximum atomic E-state index is 13.5. The minimum Gasteiger partial charge on any atom is -0.292 e. The van der Waals surface area contributed by atoms with Crippen LogP contribution in [0.3, 0.4) is 0 Å². The molecule has 0 aliphatic carbocycles. The lowest BCUT2D eigenvalue weighted by atomic mass is 9.88. The van der Waals surface area contributed by atoms with Gasteiger partial charge in [-0.15, -0.1) is 0 Å². The maximum Gasteiger partial charge on any atom is 0.123 e. The van der Waals surface area contributed by atoms with E-state index in [2.05, 4.69) is 43.9 Å². The summed E-state index contributed by atoms with van der Waals surface area (Å²) in [7, 11) is 0. The molecule has 1 atom stereocenters. The highest BCUT2D eigenvalue weighted by molar-refractivity contribution is 5.40. The third kappa shape index (κ3) is 4.12. The van der Waals surface area contributed by atoms with Crippen LogP contribution in [0.15, 0.2) is 42.5 Å². The molecule has 1 saturated heterocycles. The smallest absolute Gasteiger partial charge is 0.123 e. The lowest BCUT2D eigenvalue weighted by molar-refractivity contribution is 0.157. The Morgan fingerprint density at radius 1 is 1.00 bits per heavy atom. The lowest BCUT2D eigenvalue weighted by Crippen LogP contribution is -2.37. The van der Waals surface area contributed by atoms with Gasteiger partial charge < -0.3 is 0 Å². The molecule has 25 heavy (non-hydrogen) atoms. The molecule has 0 radical (unpaired) electrons. The summed E-state index contributed by atoms with van der Waals surface area (Å²) in [5, 5.41) is 0. The number of rotatable bonds is 5. The average molecular weight is 339 g/mol. The molecule has 1 heterocycles. The van der Waals surface area contributed by atoms with Gasteiger partial charge in [-0.1, -0.05) is 51.1 Å². The second kappa shape index (κ2) is 8.14. The van der Waals surface area contributed by atoms with E-state index >= 15 is 0 Å². The van der Waals surface area contributed by atoms with Crippen LogP contribution in [0.5, 0.6) is 0 Å². The van der Waals surface area contributed by atoms with E-state index in [-0.39, 0.29) is 11.9 Å². The lowest BCUT2D eigenvalue weighted by Gasteiger charge is -2.38. The molecule has 0 amide bonds. The van der Waals surface area contributed by atoms with E-state index in [0.717, 1.165) is 31.8 Å². The Labute approximate surface area is 151 Å². The molecule has 0 aromatic heterocycles. The van der Waals surface area contributed by atoms with Gasteiger partial charge in [-0.3, -0.25) is 4.90 Å². The molecule has 2 aromatic carbocycles. The van der Waals surface area contributed by atoms with Crippen molar-refractivity contribution in [2.75, 3.05) is 13.1 Å². The molecule has 3 rings (SSSR count). The summed E-state index contributed by atoms with van der Waals surface area (Å²) in [4.78, 5) is 2.59. The Hall–Kier alpha value is -1.67. The molecule has 2 aromatic rings. The Morgan fingerprint density at radius 3 is 2.28 bits per heavy atom. The predicted octanol–water partition coefficient (Wildman–Crippen LogP) is 5.77. The third-order valence-corrected chi connectivity index (χ3v) is 5.66. The van der Waals surface area contributed by atoms with Crippen LogP contribution in [-0.2, 0) is 12.8 Å². The molecule has 1 aliphatic rings. The monoisotopic (exact) mass is 339 g/mol. The molecule has 0 saturated carbocycles. The highest BCUT2D eigenvalue weighted by Gasteiger charge is 2.27. The maximum absolute atomic E-state index is 13.5. The molecule has 1 aliphatic heterocycles. The van der Waals surface area contributed by atoms with Crippen LogP contribution in [0.1, 0.15) is 61.9 Å². The van der Waals surface area contributed by atoms with Crippen LogP contribution in [0.4, 0.5) is 4.39 Å². The van der Waals surface area contributed by atoms with Crippen molar-refractivity contribution in [1.82, 2.24) is 4.90 Å². The van der Waals surface area contributed by atoms with E-state index in [1.807, 2.05) is 12.1 Å². The summed E-state index contributed by atoms with van der Waals surface area (Å²) in [6.45, 7) is 9.01. The van der Waals surface area contributed by atoms with E-state index in [1.165, 1.54) is 35.1 Å². The largest absolute Gasteiger partial charge is 0.292 e. The zero-order valence-electron chi connectivity index (χ0n) is 15.8. The second-order valence-corrected chi connectivity index (χ2v) is 7.41. The average Bonchev–Trinajstić information content (AvgIpc) is 2.65. The van der Waals surface area contributed by atoms with Crippen molar-refractivity contribution in [3.05, 3.63) is 70.5 Å².